The van der Waals surface area contributed by atoms with Crippen molar-refractivity contribution in [1.82, 2.24) is 9.29 Å². The zero-order valence-corrected chi connectivity index (χ0v) is 10.8. The molecule has 0 saturated heterocycles. The molecular weight excluding hydrogens is 236 g/mol. The van der Waals surface area contributed by atoms with Crippen molar-refractivity contribution < 1.29 is 8.42 Å². The average molecular weight is 252 g/mol. The van der Waals surface area contributed by atoms with Crippen LogP contribution in [-0.4, -0.2) is 37.6 Å². The van der Waals surface area contributed by atoms with Crippen LogP contribution in [0.3, 0.4) is 0 Å². The Kier molecular flexibility index (Phi) is 3.22. The fraction of sp³-hybridized carbons (Fsp3) is 0.333. The van der Waals surface area contributed by atoms with Crippen LogP contribution in [0.4, 0.5) is 0 Å². The predicted octanol–water partition coefficient (Wildman–Crippen LogP) is 1.60. The number of fused-ring (bicyclic) bond motifs is 1. The number of sulfonamides is 1. The maximum Gasteiger partial charge on any atom is 0.213 e. The first kappa shape index (κ1) is 12.1. The molecule has 2 rings (SSSR count). The van der Waals surface area contributed by atoms with E-state index in [0.29, 0.717) is 6.42 Å². The predicted molar refractivity (Wildman–Crippen MR) is 69.5 cm³/mol. The molecule has 0 aliphatic carbocycles. The molecule has 0 amide bonds. The summed E-state index contributed by atoms with van der Waals surface area (Å²) < 4.78 is 24.5. The van der Waals surface area contributed by atoms with Crippen LogP contribution in [0.1, 0.15) is 5.56 Å². The van der Waals surface area contributed by atoms with Crippen molar-refractivity contribution in [3.05, 3.63) is 36.0 Å². The van der Waals surface area contributed by atoms with Crippen LogP contribution in [0.15, 0.2) is 30.5 Å². The van der Waals surface area contributed by atoms with Gasteiger partial charge in [0.2, 0.25) is 10.0 Å². The Bertz CT molecular complexity index is 614. The molecule has 0 atom stereocenters. The smallest absolute Gasteiger partial charge is 0.213 e. The van der Waals surface area contributed by atoms with Crippen molar-refractivity contribution in [2.75, 3.05) is 19.8 Å². The lowest BCUT2D eigenvalue weighted by molar-refractivity contribution is 0.520. The van der Waals surface area contributed by atoms with Gasteiger partial charge in [-0.1, -0.05) is 6.07 Å². The molecule has 0 bridgehead atoms. The molecule has 0 unspecified atom stereocenters. The van der Waals surface area contributed by atoms with Crippen LogP contribution in [0.25, 0.3) is 10.9 Å². The summed E-state index contributed by atoms with van der Waals surface area (Å²) in [5.41, 5.74) is 2.12. The highest BCUT2D eigenvalue weighted by Crippen LogP contribution is 2.15. The van der Waals surface area contributed by atoms with E-state index < -0.39 is 10.0 Å². The molecule has 1 heterocycles. The first-order valence-corrected chi connectivity index (χ1v) is 7.06. The van der Waals surface area contributed by atoms with Crippen molar-refractivity contribution >= 4 is 20.9 Å². The number of hydrogen-bond donors (Lipinski definition) is 1. The van der Waals surface area contributed by atoms with Crippen molar-refractivity contribution in [1.29, 1.82) is 0 Å². The third-order valence-corrected chi connectivity index (χ3v) is 4.66. The highest BCUT2D eigenvalue weighted by molar-refractivity contribution is 7.89. The number of aromatic amines is 1. The molecule has 0 aliphatic rings. The fourth-order valence-electron chi connectivity index (χ4n) is 1.69. The summed E-state index contributed by atoms with van der Waals surface area (Å²) in [5, 5.41) is 1.12. The van der Waals surface area contributed by atoms with E-state index >= 15 is 0 Å². The number of rotatable bonds is 4. The molecular formula is C12H16N2O2S. The van der Waals surface area contributed by atoms with Crippen molar-refractivity contribution in [3.8, 4) is 0 Å². The summed E-state index contributed by atoms with van der Waals surface area (Å²) in [5.74, 6) is 0.149. The van der Waals surface area contributed by atoms with E-state index in [1.165, 1.54) is 4.31 Å². The minimum Gasteiger partial charge on any atom is -0.361 e. The third-order valence-electron chi connectivity index (χ3n) is 2.82. The third kappa shape index (κ3) is 2.68. The van der Waals surface area contributed by atoms with Crippen LogP contribution in [0.2, 0.25) is 0 Å². The molecule has 0 spiro atoms. The van der Waals surface area contributed by atoms with Crippen LogP contribution in [-0.2, 0) is 16.4 Å². The zero-order chi connectivity index (χ0) is 12.5. The van der Waals surface area contributed by atoms with Gasteiger partial charge in [0.05, 0.1) is 5.75 Å². The van der Waals surface area contributed by atoms with Gasteiger partial charge in [0.25, 0.3) is 0 Å². The number of benzene rings is 1. The monoisotopic (exact) mass is 252 g/mol. The van der Waals surface area contributed by atoms with Gasteiger partial charge in [-0.15, -0.1) is 0 Å². The fourth-order valence-corrected chi connectivity index (χ4v) is 2.55. The van der Waals surface area contributed by atoms with E-state index in [1.807, 2.05) is 30.5 Å². The number of H-pyrrole nitrogens is 1. The number of nitrogens with zero attached hydrogens (tertiary/aromatic N) is 1. The van der Waals surface area contributed by atoms with Crippen molar-refractivity contribution in [3.63, 3.8) is 0 Å². The number of nitrogens with one attached hydrogen (secondary N) is 1. The summed E-state index contributed by atoms with van der Waals surface area (Å²) in [6.07, 6.45) is 2.42. The van der Waals surface area contributed by atoms with Crippen LogP contribution in [0, 0.1) is 0 Å². The zero-order valence-electron chi connectivity index (χ0n) is 9.97. The quantitative estimate of drug-likeness (QED) is 0.898. The summed E-state index contributed by atoms with van der Waals surface area (Å²) in [6.45, 7) is 0. The second-order valence-electron chi connectivity index (χ2n) is 4.25. The van der Waals surface area contributed by atoms with E-state index in [-0.39, 0.29) is 5.75 Å². The molecule has 0 saturated carbocycles. The molecule has 1 aromatic carbocycles. The number of aryl methyl sites for hydroxylation is 1. The molecule has 92 valence electrons. The van der Waals surface area contributed by atoms with Gasteiger partial charge in [-0.3, -0.25) is 0 Å². The van der Waals surface area contributed by atoms with E-state index in [9.17, 15) is 8.42 Å². The van der Waals surface area contributed by atoms with Gasteiger partial charge in [0.1, 0.15) is 0 Å². The normalized spacial score (nSPS) is 12.4. The van der Waals surface area contributed by atoms with E-state index in [0.717, 1.165) is 16.5 Å². The minimum atomic E-state index is -3.11. The molecule has 4 nitrogen and oxygen atoms in total. The van der Waals surface area contributed by atoms with Gasteiger partial charge in [-0.2, -0.15) is 0 Å². The first-order chi connectivity index (χ1) is 7.99. The highest BCUT2D eigenvalue weighted by Gasteiger charge is 2.13. The molecule has 0 fully saturated rings. The van der Waals surface area contributed by atoms with Gasteiger partial charge >= 0.3 is 0 Å². The van der Waals surface area contributed by atoms with Crippen molar-refractivity contribution in [2.24, 2.45) is 0 Å². The lowest BCUT2D eigenvalue weighted by Crippen LogP contribution is -2.25. The minimum absolute atomic E-state index is 0.149. The summed E-state index contributed by atoms with van der Waals surface area (Å²) >= 11 is 0. The van der Waals surface area contributed by atoms with Gasteiger partial charge in [-0.25, -0.2) is 12.7 Å². The van der Waals surface area contributed by atoms with E-state index in [2.05, 4.69) is 4.98 Å². The number of hydrogen-bond acceptors (Lipinski definition) is 2. The Morgan fingerprint density at radius 3 is 2.71 bits per heavy atom. The molecule has 5 heteroatoms. The van der Waals surface area contributed by atoms with E-state index in [4.69, 9.17) is 0 Å². The Balaban J connectivity index is 2.14. The molecule has 0 radical (unpaired) electrons. The van der Waals surface area contributed by atoms with Crippen LogP contribution < -0.4 is 0 Å². The largest absolute Gasteiger partial charge is 0.361 e. The first-order valence-electron chi connectivity index (χ1n) is 5.45. The maximum atomic E-state index is 11.6. The van der Waals surface area contributed by atoms with Crippen LogP contribution in [0.5, 0.6) is 0 Å². The Morgan fingerprint density at radius 2 is 2.00 bits per heavy atom. The van der Waals surface area contributed by atoms with Crippen molar-refractivity contribution in [2.45, 2.75) is 6.42 Å². The topological polar surface area (TPSA) is 53.2 Å². The van der Waals surface area contributed by atoms with Gasteiger partial charge < -0.3 is 4.98 Å². The maximum absolute atomic E-state index is 11.6. The number of aromatic nitrogens is 1. The Hall–Kier alpha value is -1.33. The lowest BCUT2D eigenvalue weighted by Gasteiger charge is -2.10. The van der Waals surface area contributed by atoms with Gasteiger partial charge in [-0.05, 0) is 35.6 Å². The van der Waals surface area contributed by atoms with Gasteiger partial charge in [0, 0.05) is 25.8 Å². The standard InChI is InChI=1S/C12H16N2O2S/c1-14(2)17(15,16)8-6-10-3-4-12-11(9-10)5-7-13-12/h3-5,7,9,13H,6,8H2,1-2H3. The second kappa shape index (κ2) is 4.50. The average Bonchev–Trinajstić information content (AvgIpc) is 2.73. The SMILES string of the molecule is CN(C)S(=O)(=O)CCc1ccc2[nH]ccc2c1. The molecule has 1 aromatic heterocycles. The van der Waals surface area contributed by atoms with Gasteiger partial charge in [0.15, 0.2) is 0 Å². The molecule has 17 heavy (non-hydrogen) atoms. The lowest BCUT2D eigenvalue weighted by atomic mass is 10.1. The molecule has 0 aliphatic heterocycles. The van der Waals surface area contributed by atoms with E-state index in [1.54, 1.807) is 14.1 Å². The summed E-state index contributed by atoms with van der Waals surface area (Å²) in [4.78, 5) is 3.11. The highest BCUT2D eigenvalue weighted by atomic mass is 32.2. The Labute approximate surface area is 101 Å². The van der Waals surface area contributed by atoms with Crippen LogP contribution >= 0.6 is 0 Å². The molecule has 2 aromatic rings. The summed E-state index contributed by atoms with van der Waals surface area (Å²) in [7, 11) is 0.00963. The Morgan fingerprint density at radius 1 is 1.24 bits per heavy atom. The summed E-state index contributed by atoms with van der Waals surface area (Å²) in [6, 6.07) is 7.95. The molecule has 1 N–H and O–H groups in total. The second-order valence-corrected chi connectivity index (χ2v) is 6.55.